The zero-order valence-corrected chi connectivity index (χ0v) is 9.57. The van der Waals surface area contributed by atoms with Crippen molar-refractivity contribution in [2.24, 2.45) is 0 Å². The zero-order valence-electron chi connectivity index (χ0n) is 7.93. The largest absolute Gasteiger partial charge is 0.337 e. The summed E-state index contributed by atoms with van der Waals surface area (Å²) in [6, 6.07) is 4.63. The fourth-order valence-electron chi connectivity index (χ4n) is 1.59. The van der Waals surface area contributed by atoms with Crippen LogP contribution < -0.4 is 0 Å². The van der Waals surface area contributed by atoms with Crippen LogP contribution in [0.15, 0.2) is 29.9 Å². The predicted molar refractivity (Wildman–Crippen MR) is 62.4 cm³/mol. The number of imidazole rings is 1. The molecule has 0 bridgehead atoms. The Morgan fingerprint density at radius 3 is 3.00 bits per heavy atom. The van der Waals surface area contributed by atoms with Crippen molar-refractivity contribution in [3.05, 3.63) is 39.6 Å². The quantitative estimate of drug-likeness (QED) is 0.790. The van der Waals surface area contributed by atoms with Crippen molar-refractivity contribution in [1.82, 2.24) is 9.55 Å². The first-order valence-corrected chi connectivity index (χ1v) is 5.90. The number of aromatic nitrogens is 2. The van der Waals surface area contributed by atoms with Gasteiger partial charge >= 0.3 is 0 Å². The lowest BCUT2D eigenvalue weighted by molar-refractivity contribution is 0.569. The number of hydrogen-bond acceptors (Lipinski definition) is 2. The third-order valence-corrected chi connectivity index (χ3v) is 3.57. The van der Waals surface area contributed by atoms with Crippen molar-refractivity contribution < 1.29 is 0 Å². The van der Waals surface area contributed by atoms with Gasteiger partial charge in [0.15, 0.2) is 4.77 Å². The van der Waals surface area contributed by atoms with Gasteiger partial charge in [0.25, 0.3) is 0 Å². The predicted octanol–water partition coefficient (Wildman–Crippen LogP) is 3.61. The third-order valence-electron chi connectivity index (χ3n) is 2.27. The molecule has 2 rings (SSSR count). The van der Waals surface area contributed by atoms with Crippen molar-refractivity contribution >= 4 is 23.6 Å². The van der Waals surface area contributed by atoms with Gasteiger partial charge in [0.1, 0.15) is 0 Å². The highest BCUT2D eigenvalue weighted by molar-refractivity contribution is 7.71. The van der Waals surface area contributed by atoms with E-state index >= 15 is 0 Å². The molecule has 0 aromatic carbocycles. The van der Waals surface area contributed by atoms with E-state index in [9.17, 15) is 0 Å². The standard InChI is InChI=1S/C10H12N2S2/c1-2-8(9-4-3-7-14-9)12-6-5-11-10(12)13/h3-8H,2H2,1H3,(H,11,13). The molecular formula is C10H12N2S2. The number of nitrogens with one attached hydrogen (secondary N) is 1. The maximum Gasteiger partial charge on any atom is 0.177 e. The minimum absolute atomic E-state index is 0.383. The highest BCUT2D eigenvalue weighted by Crippen LogP contribution is 2.25. The van der Waals surface area contributed by atoms with Crippen molar-refractivity contribution in [3.8, 4) is 0 Å². The summed E-state index contributed by atoms with van der Waals surface area (Å²) in [6.07, 6.45) is 4.96. The van der Waals surface area contributed by atoms with E-state index in [1.165, 1.54) is 4.88 Å². The molecule has 2 aromatic heterocycles. The van der Waals surface area contributed by atoms with Gasteiger partial charge in [-0.1, -0.05) is 13.0 Å². The van der Waals surface area contributed by atoms with Crippen LogP contribution in [0, 0.1) is 4.77 Å². The molecule has 14 heavy (non-hydrogen) atoms. The Balaban J connectivity index is 2.41. The molecule has 2 aromatic rings. The van der Waals surface area contributed by atoms with E-state index in [1.54, 1.807) is 11.3 Å². The molecule has 0 fully saturated rings. The lowest BCUT2D eigenvalue weighted by atomic mass is 10.2. The fraction of sp³-hybridized carbons (Fsp3) is 0.300. The number of hydrogen-bond donors (Lipinski definition) is 1. The monoisotopic (exact) mass is 224 g/mol. The molecule has 2 heterocycles. The molecule has 0 saturated heterocycles. The van der Waals surface area contributed by atoms with E-state index in [0.717, 1.165) is 11.2 Å². The van der Waals surface area contributed by atoms with Gasteiger partial charge in [0.05, 0.1) is 6.04 Å². The SMILES string of the molecule is CCC(c1cccs1)n1cc[nH]c1=S. The summed E-state index contributed by atoms with van der Waals surface area (Å²) >= 11 is 7.00. The Bertz CT molecular complexity index is 439. The molecule has 0 saturated carbocycles. The van der Waals surface area contributed by atoms with Gasteiger partial charge < -0.3 is 9.55 Å². The van der Waals surface area contributed by atoms with Crippen LogP contribution in [0.4, 0.5) is 0 Å². The second-order valence-corrected chi connectivity index (χ2v) is 4.48. The number of rotatable bonds is 3. The summed E-state index contributed by atoms with van der Waals surface area (Å²) in [5.74, 6) is 0. The maximum atomic E-state index is 5.21. The van der Waals surface area contributed by atoms with Gasteiger partial charge in [-0.05, 0) is 30.1 Å². The lowest BCUT2D eigenvalue weighted by Crippen LogP contribution is -2.06. The van der Waals surface area contributed by atoms with E-state index in [1.807, 2.05) is 12.4 Å². The van der Waals surface area contributed by atoms with Crippen molar-refractivity contribution in [3.63, 3.8) is 0 Å². The third kappa shape index (κ3) is 1.67. The van der Waals surface area contributed by atoms with Crippen LogP contribution >= 0.6 is 23.6 Å². The summed E-state index contributed by atoms with van der Waals surface area (Å²) in [4.78, 5) is 4.39. The van der Waals surface area contributed by atoms with Gasteiger partial charge in [-0.2, -0.15) is 0 Å². The first-order valence-electron chi connectivity index (χ1n) is 4.62. The Labute approximate surface area is 92.2 Å². The van der Waals surface area contributed by atoms with Gasteiger partial charge in [0, 0.05) is 17.3 Å². The van der Waals surface area contributed by atoms with Crippen LogP contribution in [0.25, 0.3) is 0 Å². The van der Waals surface area contributed by atoms with Crippen molar-refractivity contribution in [2.75, 3.05) is 0 Å². The van der Waals surface area contributed by atoms with Crippen LogP contribution in [-0.2, 0) is 0 Å². The molecular weight excluding hydrogens is 212 g/mol. The van der Waals surface area contributed by atoms with Crippen LogP contribution in [-0.4, -0.2) is 9.55 Å². The summed E-state index contributed by atoms with van der Waals surface area (Å²) in [5, 5.41) is 2.11. The van der Waals surface area contributed by atoms with E-state index in [2.05, 4.69) is 34.0 Å². The average Bonchev–Trinajstić information content (AvgIpc) is 2.80. The first kappa shape index (κ1) is 9.68. The summed E-state index contributed by atoms with van der Waals surface area (Å²) in [5.41, 5.74) is 0. The highest BCUT2D eigenvalue weighted by atomic mass is 32.1. The Kier molecular flexibility index (Phi) is 2.84. The van der Waals surface area contributed by atoms with Crippen LogP contribution in [0.1, 0.15) is 24.3 Å². The van der Waals surface area contributed by atoms with Crippen molar-refractivity contribution in [2.45, 2.75) is 19.4 Å². The molecule has 4 heteroatoms. The van der Waals surface area contributed by atoms with Gasteiger partial charge in [-0.15, -0.1) is 11.3 Å². The molecule has 0 aliphatic rings. The van der Waals surface area contributed by atoms with E-state index < -0.39 is 0 Å². The second kappa shape index (κ2) is 4.11. The Hall–Kier alpha value is -0.870. The molecule has 0 amide bonds. The molecule has 1 N–H and O–H groups in total. The normalized spacial score (nSPS) is 12.9. The van der Waals surface area contributed by atoms with E-state index in [0.29, 0.717) is 6.04 Å². The lowest BCUT2D eigenvalue weighted by Gasteiger charge is -2.14. The minimum atomic E-state index is 0.383. The smallest absolute Gasteiger partial charge is 0.177 e. The number of thiophene rings is 1. The van der Waals surface area contributed by atoms with Gasteiger partial charge in [-0.3, -0.25) is 0 Å². The molecule has 74 valence electrons. The number of H-pyrrole nitrogens is 1. The minimum Gasteiger partial charge on any atom is -0.337 e. The second-order valence-electron chi connectivity index (χ2n) is 3.11. The summed E-state index contributed by atoms with van der Waals surface area (Å²) in [6.45, 7) is 2.18. The van der Waals surface area contributed by atoms with Gasteiger partial charge in [0.2, 0.25) is 0 Å². The zero-order chi connectivity index (χ0) is 9.97. The van der Waals surface area contributed by atoms with Crippen LogP contribution in [0.2, 0.25) is 0 Å². The molecule has 0 radical (unpaired) electrons. The topological polar surface area (TPSA) is 20.7 Å². The number of aromatic amines is 1. The number of nitrogens with zero attached hydrogens (tertiary/aromatic N) is 1. The summed E-state index contributed by atoms with van der Waals surface area (Å²) < 4.78 is 2.91. The fourth-order valence-corrected chi connectivity index (χ4v) is 2.76. The molecule has 1 atom stereocenters. The summed E-state index contributed by atoms with van der Waals surface area (Å²) in [7, 11) is 0. The molecule has 2 nitrogen and oxygen atoms in total. The Morgan fingerprint density at radius 1 is 1.64 bits per heavy atom. The van der Waals surface area contributed by atoms with Gasteiger partial charge in [-0.25, -0.2) is 0 Å². The molecule has 0 spiro atoms. The molecule has 0 aliphatic carbocycles. The molecule has 0 aliphatic heterocycles. The maximum absolute atomic E-state index is 5.21. The highest BCUT2D eigenvalue weighted by Gasteiger charge is 2.12. The van der Waals surface area contributed by atoms with E-state index in [-0.39, 0.29) is 0 Å². The Morgan fingerprint density at radius 2 is 2.50 bits per heavy atom. The average molecular weight is 224 g/mol. The molecule has 1 unspecified atom stereocenters. The first-order chi connectivity index (χ1) is 6.83. The van der Waals surface area contributed by atoms with Crippen molar-refractivity contribution in [1.29, 1.82) is 0 Å². The van der Waals surface area contributed by atoms with Crippen LogP contribution in [0.3, 0.4) is 0 Å². The van der Waals surface area contributed by atoms with E-state index in [4.69, 9.17) is 12.2 Å². The van der Waals surface area contributed by atoms with Crippen LogP contribution in [0.5, 0.6) is 0 Å².